The van der Waals surface area contributed by atoms with Crippen LogP contribution < -0.4 is 4.74 Å². The van der Waals surface area contributed by atoms with Crippen molar-refractivity contribution in [2.45, 2.75) is 6.42 Å². The van der Waals surface area contributed by atoms with Crippen LogP contribution >= 0.6 is 0 Å². The Bertz CT molecular complexity index is 1050. The van der Waals surface area contributed by atoms with Gasteiger partial charge in [-0.3, -0.25) is 0 Å². The van der Waals surface area contributed by atoms with E-state index in [9.17, 15) is 0 Å². The molecule has 0 fully saturated rings. The summed E-state index contributed by atoms with van der Waals surface area (Å²) < 4.78 is 10.8. The number of hydrogen-bond donors (Lipinski definition) is 1. The summed E-state index contributed by atoms with van der Waals surface area (Å²) >= 11 is 0. The second-order valence-electron chi connectivity index (χ2n) is 5.37. The quantitative estimate of drug-likeness (QED) is 0.603. The van der Waals surface area contributed by atoms with Gasteiger partial charge in [-0.1, -0.05) is 35.5 Å². The lowest BCUT2D eigenvalue weighted by atomic mass is 10.1. The predicted molar refractivity (Wildman–Crippen MR) is 89.7 cm³/mol. The van der Waals surface area contributed by atoms with E-state index in [0.29, 0.717) is 29.1 Å². The molecule has 4 aromatic rings. The van der Waals surface area contributed by atoms with E-state index in [0.717, 1.165) is 12.0 Å². The lowest BCUT2D eigenvalue weighted by Crippen LogP contribution is -2.03. The van der Waals surface area contributed by atoms with E-state index >= 15 is 0 Å². The molecule has 0 atom stereocenters. The average molecular weight is 331 g/mol. The van der Waals surface area contributed by atoms with Gasteiger partial charge in [0.05, 0.1) is 23.8 Å². The minimum atomic E-state index is 0.139. The molecule has 3 heterocycles. The number of rotatable bonds is 5. The minimum Gasteiger partial charge on any atom is -0.477 e. The standard InChI is InChI=1S/C18H13N5O2/c19-8-15-13(10-23-25-15)14-9-20-17-16(14)18(22-11-21-17)24-7-6-12-4-2-1-3-5-12/h1-5,9-11H,6-7H2,(H,20,21,22). The third-order valence-electron chi connectivity index (χ3n) is 3.87. The molecule has 1 N–H and O–H groups in total. The Balaban J connectivity index is 1.65. The van der Waals surface area contributed by atoms with Gasteiger partial charge < -0.3 is 14.2 Å². The maximum Gasteiger partial charge on any atom is 0.243 e. The van der Waals surface area contributed by atoms with Crippen molar-refractivity contribution in [3.63, 3.8) is 0 Å². The summed E-state index contributed by atoms with van der Waals surface area (Å²) in [7, 11) is 0. The Morgan fingerprint density at radius 1 is 1.16 bits per heavy atom. The fourth-order valence-electron chi connectivity index (χ4n) is 2.68. The van der Waals surface area contributed by atoms with Gasteiger partial charge in [-0.15, -0.1) is 0 Å². The summed E-state index contributed by atoms with van der Waals surface area (Å²) in [5, 5.41) is 13.6. The smallest absolute Gasteiger partial charge is 0.243 e. The molecule has 122 valence electrons. The Morgan fingerprint density at radius 2 is 2.04 bits per heavy atom. The monoisotopic (exact) mass is 331 g/mol. The highest BCUT2D eigenvalue weighted by atomic mass is 16.5. The van der Waals surface area contributed by atoms with Crippen LogP contribution in [0.5, 0.6) is 5.88 Å². The van der Waals surface area contributed by atoms with E-state index in [2.05, 4.69) is 32.2 Å². The first kappa shape index (κ1) is 14.9. The Kier molecular flexibility index (Phi) is 3.85. The largest absolute Gasteiger partial charge is 0.477 e. The number of H-pyrrole nitrogens is 1. The molecule has 0 saturated carbocycles. The third kappa shape index (κ3) is 2.81. The summed E-state index contributed by atoms with van der Waals surface area (Å²) in [6.45, 7) is 0.482. The number of benzene rings is 1. The molecule has 4 rings (SSSR count). The van der Waals surface area contributed by atoms with Gasteiger partial charge in [0, 0.05) is 18.2 Å². The van der Waals surface area contributed by atoms with Crippen molar-refractivity contribution < 1.29 is 9.26 Å². The summed E-state index contributed by atoms with van der Waals surface area (Å²) in [4.78, 5) is 11.5. The van der Waals surface area contributed by atoms with Crippen LogP contribution in [0.1, 0.15) is 11.3 Å². The highest BCUT2D eigenvalue weighted by Crippen LogP contribution is 2.34. The summed E-state index contributed by atoms with van der Waals surface area (Å²) in [5.74, 6) is 0.599. The molecule has 0 radical (unpaired) electrons. The highest BCUT2D eigenvalue weighted by Gasteiger charge is 2.18. The maximum atomic E-state index is 9.16. The van der Waals surface area contributed by atoms with E-state index in [1.165, 1.54) is 18.1 Å². The lowest BCUT2D eigenvalue weighted by molar-refractivity contribution is 0.313. The predicted octanol–water partition coefficient (Wildman–Crippen LogP) is 3.11. The molecular formula is C18H13N5O2. The normalized spacial score (nSPS) is 10.7. The first-order valence-electron chi connectivity index (χ1n) is 7.71. The van der Waals surface area contributed by atoms with Crippen LogP contribution in [0, 0.1) is 11.3 Å². The number of aromatic amines is 1. The van der Waals surface area contributed by atoms with Gasteiger partial charge in [-0.2, -0.15) is 5.26 Å². The van der Waals surface area contributed by atoms with Gasteiger partial charge in [0.1, 0.15) is 18.0 Å². The van der Waals surface area contributed by atoms with Gasteiger partial charge in [0.15, 0.2) is 0 Å². The third-order valence-corrected chi connectivity index (χ3v) is 3.87. The number of ether oxygens (including phenoxy) is 1. The fourth-order valence-corrected chi connectivity index (χ4v) is 2.68. The van der Waals surface area contributed by atoms with Crippen molar-refractivity contribution in [2.75, 3.05) is 6.61 Å². The molecule has 0 amide bonds. The van der Waals surface area contributed by atoms with Crippen molar-refractivity contribution in [3.8, 4) is 23.1 Å². The minimum absolute atomic E-state index is 0.139. The molecular weight excluding hydrogens is 318 g/mol. The van der Waals surface area contributed by atoms with Gasteiger partial charge in [-0.05, 0) is 5.56 Å². The molecule has 0 aliphatic rings. The number of nitriles is 1. The number of nitrogens with zero attached hydrogens (tertiary/aromatic N) is 4. The molecule has 3 aromatic heterocycles. The SMILES string of the molecule is N#Cc1oncc1-c1c[nH]c2ncnc(OCCc3ccccc3)c12. The maximum absolute atomic E-state index is 9.16. The number of aromatic nitrogens is 4. The van der Waals surface area contributed by atoms with Crippen LogP contribution in [0.25, 0.3) is 22.2 Å². The topological polar surface area (TPSA) is 101 Å². The Morgan fingerprint density at radius 3 is 2.88 bits per heavy atom. The molecule has 1 aromatic carbocycles. The van der Waals surface area contributed by atoms with Crippen molar-refractivity contribution in [1.82, 2.24) is 20.1 Å². The molecule has 0 spiro atoms. The van der Waals surface area contributed by atoms with E-state index in [4.69, 9.17) is 14.5 Å². The van der Waals surface area contributed by atoms with Gasteiger partial charge >= 0.3 is 0 Å². The molecule has 7 nitrogen and oxygen atoms in total. The van der Waals surface area contributed by atoms with Crippen molar-refractivity contribution in [1.29, 1.82) is 5.26 Å². The summed E-state index contributed by atoms with van der Waals surface area (Å²) in [6.07, 6.45) is 5.46. The summed E-state index contributed by atoms with van der Waals surface area (Å²) in [5.41, 5.74) is 3.12. The van der Waals surface area contributed by atoms with Crippen molar-refractivity contribution in [3.05, 3.63) is 60.4 Å². The van der Waals surface area contributed by atoms with Gasteiger partial charge in [0.2, 0.25) is 11.6 Å². The zero-order valence-electron chi connectivity index (χ0n) is 13.1. The number of hydrogen-bond acceptors (Lipinski definition) is 6. The zero-order chi connectivity index (χ0) is 17.1. The zero-order valence-corrected chi connectivity index (χ0v) is 13.1. The Hall–Kier alpha value is -3.66. The van der Waals surface area contributed by atoms with Crippen molar-refractivity contribution >= 4 is 11.0 Å². The second-order valence-corrected chi connectivity index (χ2v) is 5.37. The highest BCUT2D eigenvalue weighted by molar-refractivity contribution is 5.97. The molecule has 0 unspecified atom stereocenters. The second kappa shape index (κ2) is 6.45. The van der Waals surface area contributed by atoms with Crippen molar-refractivity contribution in [2.24, 2.45) is 0 Å². The Labute approximate surface area is 142 Å². The average Bonchev–Trinajstić information content (AvgIpc) is 3.29. The molecule has 0 bridgehead atoms. The first-order valence-corrected chi connectivity index (χ1v) is 7.71. The van der Waals surface area contributed by atoms with E-state index in [1.807, 2.05) is 24.3 Å². The van der Waals surface area contributed by atoms with Gasteiger partial charge in [-0.25, -0.2) is 9.97 Å². The van der Waals surface area contributed by atoms with Crippen LogP contribution in [0.2, 0.25) is 0 Å². The number of fused-ring (bicyclic) bond motifs is 1. The molecule has 0 saturated heterocycles. The first-order chi connectivity index (χ1) is 12.4. The molecule has 0 aliphatic carbocycles. The summed E-state index contributed by atoms with van der Waals surface area (Å²) in [6, 6.07) is 12.1. The molecule has 25 heavy (non-hydrogen) atoms. The van der Waals surface area contributed by atoms with Crippen LogP contribution in [0.15, 0.2) is 53.6 Å². The van der Waals surface area contributed by atoms with E-state index in [1.54, 1.807) is 6.20 Å². The number of nitrogens with one attached hydrogen (secondary N) is 1. The van der Waals surface area contributed by atoms with Crippen LogP contribution in [0.3, 0.4) is 0 Å². The van der Waals surface area contributed by atoms with Crippen LogP contribution in [-0.2, 0) is 6.42 Å². The van der Waals surface area contributed by atoms with Crippen LogP contribution in [0.4, 0.5) is 0 Å². The van der Waals surface area contributed by atoms with Crippen LogP contribution in [-0.4, -0.2) is 26.7 Å². The lowest BCUT2D eigenvalue weighted by Gasteiger charge is -2.07. The van der Waals surface area contributed by atoms with Gasteiger partial charge in [0.25, 0.3) is 0 Å². The fraction of sp³-hybridized carbons (Fsp3) is 0.111. The van der Waals surface area contributed by atoms with E-state index < -0.39 is 0 Å². The molecule has 7 heteroatoms. The molecule has 0 aliphatic heterocycles. The van der Waals surface area contributed by atoms with E-state index in [-0.39, 0.29) is 5.76 Å².